The molecule has 1 amide bonds. The Morgan fingerprint density at radius 2 is 1.79 bits per heavy atom. The van der Waals surface area contributed by atoms with Crippen LogP contribution in [0.3, 0.4) is 0 Å². The van der Waals surface area contributed by atoms with Crippen LogP contribution in [-0.4, -0.2) is 48.4 Å². The van der Waals surface area contributed by atoms with Crippen LogP contribution >= 0.6 is 0 Å². The SMILES string of the molecule is CN(CC(=O)Nc1ccn(Cc2ccccc2)n1)C1=NS(=O)(=O)c2ccccc21. The molecule has 2 aromatic carbocycles. The third kappa shape index (κ3) is 4.04. The summed E-state index contributed by atoms with van der Waals surface area (Å²) in [6, 6.07) is 18.2. The lowest BCUT2D eigenvalue weighted by atomic mass is 10.2. The maximum absolute atomic E-state index is 12.4. The summed E-state index contributed by atoms with van der Waals surface area (Å²) in [7, 11) is -2.09. The Morgan fingerprint density at radius 3 is 2.59 bits per heavy atom. The Bertz CT molecular complexity index is 1190. The summed E-state index contributed by atoms with van der Waals surface area (Å²) in [5.41, 5.74) is 1.60. The van der Waals surface area contributed by atoms with Crippen molar-refractivity contribution in [3.63, 3.8) is 0 Å². The second-order valence-electron chi connectivity index (χ2n) is 6.67. The number of rotatable bonds is 5. The van der Waals surface area contributed by atoms with Crippen molar-refractivity contribution in [2.75, 3.05) is 18.9 Å². The van der Waals surface area contributed by atoms with Crippen LogP contribution in [0.4, 0.5) is 5.82 Å². The first-order valence-corrected chi connectivity index (χ1v) is 10.4. The van der Waals surface area contributed by atoms with E-state index in [9.17, 15) is 13.2 Å². The molecule has 0 bridgehead atoms. The highest BCUT2D eigenvalue weighted by Gasteiger charge is 2.30. The van der Waals surface area contributed by atoms with Gasteiger partial charge < -0.3 is 10.2 Å². The number of nitrogens with one attached hydrogen (secondary N) is 1. The highest BCUT2D eigenvalue weighted by molar-refractivity contribution is 7.90. The molecule has 1 N–H and O–H groups in total. The van der Waals surface area contributed by atoms with Crippen LogP contribution in [0.25, 0.3) is 0 Å². The predicted octanol–water partition coefficient (Wildman–Crippen LogP) is 1.95. The highest BCUT2D eigenvalue weighted by Crippen LogP contribution is 2.26. The summed E-state index contributed by atoms with van der Waals surface area (Å²) >= 11 is 0. The molecule has 148 valence electrons. The Labute approximate surface area is 168 Å². The van der Waals surface area contributed by atoms with E-state index in [4.69, 9.17) is 0 Å². The Kier molecular flexibility index (Phi) is 4.89. The molecule has 0 spiro atoms. The van der Waals surface area contributed by atoms with Crippen molar-refractivity contribution in [3.8, 4) is 0 Å². The lowest BCUT2D eigenvalue weighted by Crippen LogP contribution is -2.35. The van der Waals surface area contributed by atoms with E-state index < -0.39 is 10.0 Å². The predicted molar refractivity (Wildman–Crippen MR) is 109 cm³/mol. The molecule has 4 rings (SSSR count). The molecule has 0 saturated heterocycles. The highest BCUT2D eigenvalue weighted by atomic mass is 32.2. The fraction of sp³-hybridized carbons (Fsp3) is 0.150. The van der Waals surface area contributed by atoms with Gasteiger partial charge in [0.15, 0.2) is 11.7 Å². The van der Waals surface area contributed by atoms with Crippen LogP contribution in [0.15, 0.2) is 76.2 Å². The molecular weight excluding hydrogens is 390 g/mol. The van der Waals surface area contributed by atoms with Crippen LogP contribution in [-0.2, 0) is 21.4 Å². The first kappa shape index (κ1) is 18.9. The van der Waals surface area contributed by atoms with Gasteiger partial charge in [0.2, 0.25) is 5.91 Å². The number of hydrogen-bond acceptors (Lipinski definition) is 5. The van der Waals surface area contributed by atoms with Gasteiger partial charge in [-0.2, -0.15) is 13.5 Å². The van der Waals surface area contributed by atoms with Crippen molar-refractivity contribution in [1.82, 2.24) is 14.7 Å². The average Bonchev–Trinajstić information content (AvgIpc) is 3.24. The molecular formula is C20H19N5O3S. The molecule has 29 heavy (non-hydrogen) atoms. The lowest BCUT2D eigenvalue weighted by Gasteiger charge is -2.18. The third-order valence-corrected chi connectivity index (χ3v) is 5.78. The number of likely N-dealkylation sites (N-methyl/N-ethyl adjacent to an activating group) is 1. The van der Waals surface area contributed by atoms with Gasteiger partial charge in [0.1, 0.15) is 4.90 Å². The molecule has 3 aromatic rings. The Morgan fingerprint density at radius 1 is 1.07 bits per heavy atom. The summed E-state index contributed by atoms with van der Waals surface area (Å²) in [6.07, 6.45) is 1.79. The normalized spacial score (nSPS) is 14.2. The number of aromatic nitrogens is 2. The number of nitrogens with zero attached hydrogens (tertiary/aromatic N) is 4. The minimum Gasteiger partial charge on any atom is -0.349 e. The molecule has 1 aliphatic heterocycles. The maximum atomic E-state index is 12.4. The number of fused-ring (bicyclic) bond motifs is 1. The number of carbonyl (C=O) groups excluding carboxylic acids is 1. The number of anilines is 1. The van der Waals surface area contributed by atoms with Gasteiger partial charge in [0, 0.05) is 24.9 Å². The third-order valence-electron chi connectivity index (χ3n) is 4.45. The molecule has 0 fully saturated rings. The van der Waals surface area contributed by atoms with Crippen LogP contribution in [0, 0.1) is 0 Å². The van der Waals surface area contributed by atoms with E-state index in [-0.39, 0.29) is 23.2 Å². The molecule has 9 heteroatoms. The quantitative estimate of drug-likeness (QED) is 0.695. The van der Waals surface area contributed by atoms with Gasteiger partial charge in [-0.3, -0.25) is 9.48 Å². The van der Waals surface area contributed by atoms with Gasteiger partial charge in [-0.05, 0) is 17.7 Å². The van der Waals surface area contributed by atoms with Crippen molar-refractivity contribution < 1.29 is 13.2 Å². The fourth-order valence-electron chi connectivity index (χ4n) is 3.12. The molecule has 0 unspecified atom stereocenters. The fourth-order valence-corrected chi connectivity index (χ4v) is 4.37. The summed E-state index contributed by atoms with van der Waals surface area (Å²) < 4.78 is 29.9. The largest absolute Gasteiger partial charge is 0.349 e. The molecule has 0 radical (unpaired) electrons. The number of amidine groups is 1. The van der Waals surface area contributed by atoms with Crippen LogP contribution in [0.2, 0.25) is 0 Å². The topological polar surface area (TPSA) is 96.7 Å². The van der Waals surface area contributed by atoms with Gasteiger partial charge in [-0.15, -0.1) is 4.40 Å². The first-order chi connectivity index (χ1) is 13.9. The van der Waals surface area contributed by atoms with E-state index in [1.807, 2.05) is 30.3 Å². The Hall–Kier alpha value is -3.46. The minimum absolute atomic E-state index is 0.0613. The van der Waals surface area contributed by atoms with Gasteiger partial charge in [-0.1, -0.05) is 42.5 Å². The first-order valence-electron chi connectivity index (χ1n) is 8.95. The average molecular weight is 409 g/mol. The zero-order valence-electron chi connectivity index (χ0n) is 15.7. The molecule has 0 atom stereocenters. The van der Waals surface area contributed by atoms with Crippen molar-refractivity contribution in [2.45, 2.75) is 11.4 Å². The summed E-state index contributed by atoms with van der Waals surface area (Å²) in [5.74, 6) is 0.369. The van der Waals surface area contributed by atoms with Crippen LogP contribution < -0.4 is 5.32 Å². The molecule has 1 aliphatic rings. The van der Waals surface area contributed by atoms with E-state index in [2.05, 4.69) is 14.8 Å². The molecule has 8 nitrogen and oxygen atoms in total. The summed E-state index contributed by atoms with van der Waals surface area (Å²) in [4.78, 5) is 14.1. The van der Waals surface area contributed by atoms with Crippen molar-refractivity contribution >= 4 is 27.6 Å². The van der Waals surface area contributed by atoms with E-state index in [0.29, 0.717) is 17.9 Å². The van der Waals surface area contributed by atoms with E-state index in [1.54, 1.807) is 42.2 Å². The van der Waals surface area contributed by atoms with E-state index in [0.717, 1.165) is 5.56 Å². The second kappa shape index (κ2) is 7.51. The van der Waals surface area contributed by atoms with Gasteiger partial charge in [-0.25, -0.2) is 0 Å². The van der Waals surface area contributed by atoms with Crippen molar-refractivity contribution in [1.29, 1.82) is 0 Å². The number of amides is 1. The van der Waals surface area contributed by atoms with Crippen LogP contribution in [0.5, 0.6) is 0 Å². The van der Waals surface area contributed by atoms with Gasteiger partial charge >= 0.3 is 0 Å². The lowest BCUT2D eigenvalue weighted by molar-refractivity contribution is -0.116. The maximum Gasteiger partial charge on any atom is 0.285 e. The number of benzene rings is 2. The van der Waals surface area contributed by atoms with Crippen molar-refractivity contribution in [3.05, 3.63) is 78.0 Å². The van der Waals surface area contributed by atoms with Gasteiger partial charge in [0.25, 0.3) is 10.0 Å². The van der Waals surface area contributed by atoms with E-state index >= 15 is 0 Å². The zero-order chi connectivity index (χ0) is 20.4. The minimum atomic E-state index is -3.72. The molecule has 2 heterocycles. The number of sulfonamides is 1. The Balaban J connectivity index is 1.41. The molecule has 0 saturated carbocycles. The van der Waals surface area contributed by atoms with E-state index in [1.165, 1.54) is 11.0 Å². The number of hydrogen-bond donors (Lipinski definition) is 1. The molecule has 0 aliphatic carbocycles. The second-order valence-corrected chi connectivity index (χ2v) is 8.25. The summed E-state index contributed by atoms with van der Waals surface area (Å²) in [6.45, 7) is 0.538. The zero-order valence-corrected chi connectivity index (χ0v) is 16.5. The van der Waals surface area contributed by atoms with Crippen molar-refractivity contribution in [2.24, 2.45) is 4.40 Å². The summed E-state index contributed by atoms with van der Waals surface area (Å²) in [5, 5.41) is 7.08. The standard InChI is InChI=1S/C20H19N5O3S/c1-24(20-16-9-5-6-10-17(16)29(27,28)23-20)14-19(26)21-18-11-12-25(22-18)13-15-7-3-2-4-8-15/h2-12H,13-14H2,1H3,(H,21,22,26). The van der Waals surface area contributed by atoms with Gasteiger partial charge in [0.05, 0.1) is 13.1 Å². The smallest absolute Gasteiger partial charge is 0.285 e. The monoisotopic (exact) mass is 409 g/mol. The number of carbonyl (C=O) groups is 1. The molecule has 1 aromatic heterocycles. The van der Waals surface area contributed by atoms with Crippen LogP contribution in [0.1, 0.15) is 11.1 Å².